The summed E-state index contributed by atoms with van der Waals surface area (Å²) in [5, 5.41) is 0. The quantitative estimate of drug-likeness (QED) is 0.548. The summed E-state index contributed by atoms with van der Waals surface area (Å²) in [5.41, 5.74) is 0.995. The van der Waals surface area contributed by atoms with Crippen LogP contribution in [0.2, 0.25) is 0 Å². The van der Waals surface area contributed by atoms with Crippen LogP contribution in [0, 0.1) is 45.3 Å². The molecule has 0 aromatic carbocycles. The van der Waals surface area contributed by atoms with Gasteiger partial charge in [0.25, 0.3) is 0 Å². The molecule has 6 atom stereocenters. The number of ether oxygens (including phenoxy) is 1. The standard InChI is InChI=1S/C26H40O3/c1-7-24(6,16-8-10-17(27)11-9-16)29-21(28)18-12-25-13-22(2,3)19(25)20-23(4,5)14-26(18,20)15-25/h16,18-20H,7-15H2,1-6H3. The minimum Gasteiger partial charge on any atom is -0.459 e. The van der Waals surface area contributed by atoms with Gasteiger partial charge in [0, 0.05) is 12.8 Å². The first-order valence-corrected chi connectivity index (χ1v) is 12.1. The molecule has 0 heterocycles. The van der Waals surface area contributed by atoms with Crippen LogP contribution in [0.25, 0.3) is 0 Å². The lowest BCUT2D eigenvalue weighted by Gasteiger charge is -2.69. The van der Waals surface area contributed by atoms with E-state index in [9.17, 15) is 9.59 Å². The molecule has 2 bridgehead atoms. The van der Waals surface area contributed by atoms with Crippen molar-refractivity contribution in [1.82, 2.24) is 0 Å². The fraction of sp³-hybridized carbons (Fsp3) is 0.923. The second kappa shape index (κ2) is 5.68. The lowest BCUT2D eigenvalue weighted by Crippen LogP contribution is -2.65. The third kappa shape index (κ3) is 2.42. The zero-order valence-electron chi connectivity index (χ0n) is 19.4. The second-order valence-corrected chi connectivity index (χ2v) is 13.2. The van der Waals surface area contributed by atoms with Crippen LogP contribution in [0.5, 0.6) is 0 Å². The van der Waals surface area contributed by atoms with Crippen molar-refractivity contribution in [3.63, 3.8) is 0 Å². The topological polar surface area (TPSA) is 43.4 Å². The molecule has 5 saturated carbocycles. The van der Waals surface area contributed by atoms with E-state index in [0.29, 0.717) is 46.7 Å². The molecule has 0 N–H and O–H groups in total. The summed E-state index contributed by atoms with van der Waals surface area (Å²) in [6.45, 7) is 14.1. The van der Waals surface area contributed by atoms with Crippen molar-refractivity contribution in [3.05, 3.63) is 0 Å². The van der Waals surface area contributed by atoms with Gasteiger partial charge in [0.1, 0.15) is 11.4 Å². The first kappa shape index (κ1) is 20.1. The van der Waals surface area contributed by atoms with Gasteiger partial charge in [-0.25, -0.2) is 0 Å². The molecule has 6 unspecified atom stereocenters. The fourth-order valence-corrected chi connectivity index (χ4v) is 10.1. The Hall–Kier alpha value is -0.860. The summed E-state index contributed by atoms with van der Waals surface area (Å²) >= 11 is 0. The SMILES string of the molecule is CCC(C)(OC(=O)C1CC23CC(C)(C)C2C2C(C)(C)CC12C3)C1CCC(=O)CC1. The molecule has 5 aliphatic carbocycles. The highest BCUT2D eigenvalue weighted by molar-refractivity contribution is 5.79. The fourth-order valence-electron chi connectivity index (χ4n) is 10.1. The predicted molar refractivity (Wildman–Crippen MR) is 113 cm³/mol. The van der Waals surface area contributed by atoms with Crippen LogP contribution in [0.4, 0.5) is 0 Å². The van der Waals surface area contributed by atoms with Crippen LogP contribution in [0.1, 0.15) is 99.3 Å². The average molecular weight is 401 g/mol. The number of rotatable bonds is 4. The van der Waals surface area contributed by atoms with Crippen LogP contribution in [-0.4, -0.2) is 17.4 Å². The number of esters is 1. The summed E-state index contributed by atoms with van der Waals surface area (Å²) in [5.74, 6) is 2.37. The van der Waals surface area contributed by atoms with E-state index in [-0.39, 0.29) is 17.3 Å². The highest BCUT2D eigenvalue weighted by Crippen LogP contribution is 2.89. The Balaban J connectivity index is 1.37. The number of carbonyl (C=O) groups excluding carboxylic acids is 2. The molecule has 0 saturated heterocycles. The lowest BCUT2D eigenvalue weighted by molar-refractivity contribution is -0.232. The van der Waals surface area contributed by atoms with Crippen LogP contribution in [-0.2, 0) is 14.3 Å². The average Bonchev–Trinajstić information content (AvgIpc) is 3.06. The number of ketones is 1. The van der Waals surface area contributed by atoms with Gasteiger partial charge < -0.3 is 4.74 Å². The van der Waals surface area contributed by atoms with Crippen molar-refractivity contribution < 1.29 is 14.3 Å². The van der Waals surface area contributed by atoms with Gasteiger partial charge in [-0.05, 0) is 91.3 Å². The third-order valence-corrected chi connectivity index (χ3v) is 10.6. The molecular formula is C26H40O3. The molecule has 3 nitrogen and oxygen atoms in total. The molecule has 0 amide bonds. The number of hydrogen-bond acceptors (Lipinski definition) is 3. The van der Waals surface area contributed by atoms with Gasteiger partial charge in [-0.2, -0.15) is 0 Å². The van der Waals surface area contributed by atoms with Gasteiger partial charge in [0.2, 0.25) is 0 Å². The first-order valence-electron chi connectivity index (χ1n) is 12.1. The van der Waals surface area contributed by atoms with Crippen LogP contribution in [0.15, 0.2) is 0 Å². The van der Waals surface area contributed by atoms with Crippen LogP contribution in [0.3, 0.4) is 0 Å². The molecule has 0 aromatic rings. The zero-order valence-corrected chi connectivity index (χ0v) is 19.4. The monoisotopic (exact) mass is 400 g/mol. The Labute approximate surface area is 176 Å². The number of hydrogen-bond donors (Lipinski definition) is 0. The summed E-state index contributed by atoms with van der Waals surface area (Å²) < 4.78 is 6.42. The molecule has 3 heteroatoms. The van der Waals surface area contributed by atoms with E-state index in [1.807, 2.05) is 0 Å². The van der Waals surface area contributed by atoms with Crippen molar-refractivity contribution >= 4 is 11.8 Å². The van der Waals surface area contributed by atoms with Crippen molar-refractivity contribution in [1.29, 1.82) is 0 Å². The van der Waals surface area contributed by atoms with E-state index in [4.69, 9.17) is 4.74 Å². The molecule has 5 fully saturated rings. The molecule has 0 aromatic heterocycles. The Bertz CT molecular complexity index is 756. The Kier molecular flexibility index (Phi) is 3.93. The van der Waals surface area contributed by atoms with Gasteiger partial charge >= 0.3 is 5.97 Å². The molecule has 0 radical (unpaired) electrons. The van der Waals surface area contributed by atoms with E-state index >= 15 is 0 Å². The van der Waals surface area contributed by atoms with Crippen molar-refractivity contribution in [2.24, 2.45) is 45.3 Å². The van der Waals surface area contributed by atoms with Gasteiger partial charge in [-0.15, -0.1) is 0 Å². The lowest BCUT2D eigenvalue weighted by atomic mass is 9.34. The summed E-state index contributed by atoms with van der Waals surface area (Å²) in [6.07, 6.45) is 8.72. The summed E-state index contributed by atoms with van der Waals surface area (Å²) in [4.78, 5) is 25.4. The first-order chi connectivity index (χ1) is 13.4. The zero-order chi connectivity index (χ0) is 21.0. The molecule has 29 heavy (non-hydrogen) atoms. The maximum atomic E-state index is 13.7. The van der Waals surface area contributed by atoms with Gasteiger partial charge in [-0.1, -0.05) is 34.6 Å². The smallest absolute Gasteiger partial charge is 0.310 e. The van der Waals surface area contributed by atoms with E-state index in [1.165, 1.54) is 19.3 Å². The molecule has 5 aliphatic rings. The third-order valence-electron chi connectivity index (χ3n) is 10.6. The number of fused-ring (bicyclic) bond motifs is 1. The predicted octanol–water partition coefficient (Wildman–Crippen LogP) is 5.95. The highest BCUT2D eigenvalue weighted by Gasteiger charge is 2.84. The van der Waals surface area contributed by atoms with E-state index in [0.717, 1.165) is 31.6 Å². The highest BCUT2D eigenvalue weighted by atomic mass is 16.6. The molecule has 5 rings (SSSR count). The molecule has 0 aliphatic heterocycles. The van der Waals surface area contributed by atoms with Gasteiger partial charge in [0.15, 0.2) is 0 Å². The Morgan fingerprint density at radius 1 is 1.03 bits per heavy atom. The van der Waals surface area contributed by atoms with Crippen molar-refractivity contribution in [2.45, 2.75) is 105 Å². The van der Waals surface area contributed by atoms with E-state index < -0.39 is 5.60 Å². The number of Topliss-reactive ketones (excluding diaryl/α,β-unsaturated/α-hetero) is 1. The van der Waals surface area contributed by atoms with E-state index in [1.54, 1.807) is 0 Å². The number of carbonyl (C=O) groups is 2. The molecule has 2 spiro atoms. The largest absolute Gasteiger partial charge is 0.459 e. The normalized spacial score (nSPS) is 46.1. The maximum absolute atomic E-state index is 13.7. The van der Waals surface area contributed by atoms with Crippen LogP contribution >= 0.6 is 0 Å². The maximum Gasteiger partial charge on any atom is 0.310 e. The van der Waals surface area contributed by atoms with E-state index in [2.05, 4.69) is 41.5 Å². The minimum atomic E-state index is -0.416. The summed E-state index contributed by atoms with van der Waals surface area (Å²) in [6, 6.07) is 0. The molecule has 162 valence electrons. The Morgan fingerprint density at radius 3 is 2.21 bits per heavy atom. The van der Waals surface area contributed by atoms with Gasteiger partial charge in [-0.3, -0.25) is 9.59 Å². The summed E-state index contributed by atoms with van der Waals surface area (Å²) in [7, 11) is 0. The minimum absolute atomic E-state index is 0.0896. The second-order valence-electron chi connectivity index (χ2n) is 13.2. The van der Waals surface area contributed by atoms with Crippen molar-refractivity contribution in [3.8, 4) is 0 Å². The van der Waals surface area contributed by atoms with Crippen LogP contribution < -0.4 is 0 Å². The van der Waals surface area contributed by atoms with Gasteiger partial charge in [0.05, 0.1) is 5.92 Å². The van der Waals surface area contributed by atoms with Crippen molar-refractivity contribution in [2.75, 3.05) is 0 Å². The Morgan fingerprint density at radius 2 is 1.66 bits per heavy atom. The molecular weight excluding hydrogens is 360 g/mol.